The zero-order valence-electron chi connectivity index (χ0n) is 9.60. The number of halogens is 3. The van der Waals surface area contributed by atoms with Crippen molar-refractivity contribution in [2.45, 2.75) is 6.92 Å². The second-order valence-corrected chi connectivity index (χ2v) is 5.52. The molecule has 0 bridgehead atoms. The highest BCUT2D eigenvalue weighted by molar-refractivity contribution is 9.10. The molecule has 0 radical (unpaired) electrons. The van der Waals surface area contributed by atoms with Crippen molar-refractivity contribution >= 4 is 56.2 Å². The van der Waals surface area contributed by atoms with Gasteiger partial charge in [0.2, 0.25) is 0 Å². The molecule has 3 N–H and O–H groups in total. The van der Waals surface area contributed by atoms with Crippen molar-refractivity contribution in [3.05, 3.63) is 50.4 Å². The van der Waals surface area contributed by atoms with E-state index in [4.69, 9.17) is 28.9 Å². The Balaban J connectivity index is 2.40. The Bertz CT molecular complexity index is 600. The Labute approximate surface area is 124 Å². The first-order chi connectivity index (χ1) is 8.49. The van der Waals surface area contributed by atoms with Crippen LogP contribution in [-0.4, -0.2) is 0 Å². The zero-order valence-corrected chi connectivity index (χ0v) is 12.7. The second-order valence-electron chi connectivity index (χ2n) is 3.92. The summed E-state index contributed by atoms with van der Waals surface area (Å²) < 4.78 is 0.819. The fourth-order valence-electron chi connectivity index (χ4n) is 1.58. The van der Waals surface area contributed by atoms with Crippen LogP contribution >= 0.6 is 39.1 Å². The van der Waals surface area contributed by atoms with Gasteiger partial charge in [0, 0.05) is 5.69 Å². The largest absolute Gasteiger partial charge is 0.398 e. The molecule has 0 unspecified atom stereocenters. The predicted octanol–water partition coefficient (Wildman–Crippen LogP) is 5.39. The lowest BCUT2D eigenvalue weighted by Crippen LogP contribution is -1.96. The molecule has 2 rings (SSSR count). The van der Waals surface area contributed by atoms with E-state index in [9.17, 15) is 0 Å². The number of nitrogen functional groups attached to an aromatic ring is 1. The van der Waals surface area contributed by atoms with Crippen LogP contribution in [0, 0.1) is 6.92 Å². The summed E-state index contributed by atoms with van der Waals surface area (Å²) in [5, 5.41) is 4.46. The first-order valence-electron chi connectivity index (χ1n) is 5.25. The van der Waals surface area contributed by atoms with Crippen LogP contribution < -0.4 is 11.1 Å². The molecular weight excluding hydrogens is 335 g/mol. The summed E-state index contributed by atoms with van der Waals surface area (Å²) in [6.45, 7) is 1.97. The molecule has 2 aromatic rings. The quantitative estimate of drug-likeness (QED) is 0.716. The van der Waals surface area contributed by atoms with Gasteiger partial charge in [-0.25, -0.2) is 0 Å². The number of aryl methyl sites for hydroxylation is 1. The molecule has 0 spiro atoms. The third kappa shape index (κ3) is 2.74. The van der Waals surface area contributed by atoms with Crippen molar-refractivity contribution in [2.75, 3.05) is 11.1 Å². The summed E-state index contributed by atoms with van der Waals surface area (Å²) >= 11 is 15.5. The number of nitrogens with one attached hydrogen (secondary N) is 1. The zero-order chi connectivity index (χ0) is 13.3. The van der Waals surface area contributed by atoms with Gasteiger partial charge in [0.25, 0.3) is 0 Å². The molecule has 0 aromatic heterocycles. The Morgan fingerprint density at radius 1 is 1.11 bits per heavy atom. The van der Waals surface area contributed by atoms with Gasteiger partial charge in [-0.1, -0.05) is 29.3 Å². The molecule has 0 fully saturated rings. The molecule has 0 atom stereocenters. The SMILES string of the molecule is Cc1cc(N)c(Cl)cc1Nc1cccc(Cl)c1Br. The fourth-order valence-corrected chi connectivity index (χ4v) is 2.29. The molecule has 0 saturated heterocycles. The highest BCUT2D eigenvalue weighted by atomic mass is 79.9. The number of nitrogens with two attached hydrogens (primary N) is 1. The molecule has 0 heterocycles. The molecule has 0 aliphatic heterocycles. The van der Waals surface area contributed by atoms with Crippen molar-refractivity contribution < 1.29 is 0 Å². The molecule has 0 saturated carbocycles. The molecule has 2 aromatic carbocycles. The van der Waals surface area contributed by atoms with Crippen molar-refractivity contribution in [1.82, 2.24) is 0 Å². The molecule has 0 aliphatic carbocycles. The van der Waals surface area contributed by atoms with E-state index in [0.717, 1.165) is 21.4 Å². The molecule has 18 heavy (non-hydrogen) atoms. The van der Waals surface area contributed by atoms with Crippen molar-refractivity contribution in [2.24, 2.45) is 0 Å². The average Bonchev–Trinajstić information content (AvgIpc) is 2.32. The van der Waals surface area contributed by atoms with Crippen LogP contribution in [0.1, 0.15) is 5.56 Å². The smallest absolute Gasteiger partial charge is 0.0656 e. The van der Waals surface area contributed by atoms with Crippen LogP contribution in [0.3, 0.4) is 0 Å². The van der Waals surface area contributed by atoms with Gasteiger partial charge in [-0.15, -0.1) is 0 Å². The van der Waals surface area contributed by atoms with E-state index < -0.39 is 0 Å². The highest BCUT2D eigenvalue weighted by Gasteiger charge is 2.07. The predicted molar refractivity (Wildman–Crippen MR) is 83.0 cm³/mol. The molecule has 94 valence electrons. The van der Waals surface area contributed by atoms with E-state index in [-0.39, 0.29) is 0 Å². The highest BCUT2D eigenvalue weighted by Crippen LogP contribution is 2.34. The third-order valence-corrected chi connectivity index (χ3v) is 4.29. The maximum absolute atomic E-state index is 6.04. The lowest BCUT2D eigenvalue weighted by atomic mass is 10.1. The van der Waals surface area contributed by atoms with Crippen molar-refractivity contribution in [3.63, 3.8) is 0 Å². The first-order valence-corrected chi connectivity index (χ1v) is 6.80. The minimum atomic E-state index is 0.529. The Hall–Kier alpha value is -0.900. The Kier molecular flexibility index (Phi) is 4.05. The first kappa shape index (κ1) is 13.5. The van der Waals surface area contributed by atoms with Gasteiger partial charge in [-0.3, -0.25) is 0 Å². The topological polar surface area (TPSA) is 38.0 Å². The van der Waals surface area contributed by atoms with Crippen molar-refractivity contribution in [1.29, 1.82) is 0 Å². The fraction of sp³-hybridized carbons (Fsp3) is 0.0769. The van der Waals surface area contributed by atoms with E-state index in [1.165, 1.54) is 0 Å². The van der Waals surface area contributed by atoms with Gasteiger partial charge in [0.15, 0.2) is 0 Å². The lowest BCUT2D eigenvalue weighted by molar-refractivity contribution is 1.42. The van der Waals surface area contributed by atoms with E-state index in [0.29, 0.717) is 15.7 Å². The van der Waals surface area contributed by atoms with Crippen LogP contribution in [0.5, 0.6) is 0 Å². The Morgan fingerprint density at radius 3 is 2.56 bits per heavy atom. The number of hydrogen-bond donors (Lipinski definition) is 2. The summed E-state index contributed by atoms with van der Waals surface area (Å²) in [6, 6.07) is 9.27. The van der Waals surface area contributed by atoms with Crippen molar-refractivity contribution in [3.8, 4) is 0 Å². The van der Waals surface area contributed by atoms with E-state index >= 15 is 0 Å². The number of hydrogen-bond acceptors (Lipinski definition) is 2. The van der Waals surface area contributed by atoms with Crippen LogP contribution in [0.2, 0.25) is 10.0 Å². The molecule has 2 nitrogen and oxygen atoms in total. The Morgan fingerprint density at radius 2 is 1.83 bits per heavy atom. The summed E-state index contributed by atoms with van der Waals surface area (Å²) in [4.78, 5) is 0. The maximum atomic E-state index is 6.04. The van der Waals surface area contributed by atoms with Gasteiger partial charge in [0.1, 0.15) is 0 Å². The van der Waals surface area contributed by atoms with Crippen LogP contribution in [0.4, 0.5) is 17.1 Å². The van der Waals surface area contributed by atoms with Crippen LogP contribution in [0.15, 0.2) is 34.8 Å². The van der Waals surface area contributed by atoms with Gasteiger partial charge in [0.05, 0.1) is 25.9 Å². The lowest BCUT2D eigenvalue weighted by Gasteiger charge is -2.13. The monoisotopic (exact) mass is 344 g/mol. The van der Waals surface area contributed by atoms with Crippen LogP contribution in [-0.2, 0) is 0 Å². The summed E-state index contributed by atoms with van der Waals surface area (Å²) in [5.41, 5.74) is 9.12. The molecular formula is C13H11BrCl2N2. The minimum absolute atomic E-state index is 0.529. The van der Waals surface area contributed by atoms with Gasteiger partial charge in [-0.05, 0) is 52.7 Å². The maximum Gasteiger partial charge on any atom is 0.0656 e. The number of benzene rings is 2. The van der Waals surface area contributed by atoms with Gasteiger partial charge >= 0.3 is 0 Å². The van der Waals surface area contributed by atoms with E-state index in [2.05, 4.69) is 21.2 Å². The van der Waals surface area contributed by atoms with E-state index in [1.54, 1.807) is 6.07 Å². The number of anilines is 3. The normalized spacial score (nSPS) is 10.4. The second kappa shape index (κ2) is 5.39. The van der Waals surface area contributed by atoms with Crippen LogP contribution in [0.25, 0.3) is 0 Å². The summed E-state index contributed by atoms with van der Waals surface area (Å²) in [6.07, 6.45) is 0. The molecule has 0 aliphatic rings. The molecule has 5 heteroatoms. The minimum Gasteiger partial charge on any atom is -0.398 e. The standard InChI is InChI=1S/C13H11BrCl2N2/c1-7-5-10(17)9(16)6-12(7)18-11-4-2-3-8(15)13(11)14/h2-6,18H,17H2,1H3. The average molecular weight is 346 g/mol. The van der Waals surface area contributed by atoms with Gasteiger partial charge < -0.3 is 11.1 Å². The number of rotatable bonds is 2. The summed E-state index contributed by atoms with van der Waals surface area (Å²) in [5.74, 6) is 0. The van der Waals surface area contributed by atoms with E-state index in [1.807, 2.05) is 31.2 Å². The van der Waals surface area contributed by atoms with Gasteiger partial charge in [-0.2, -0.15) is 0 Å². The molecule has 0 amide bonds. The summed E-state index contributed by atoms with van der Waals surface area (Å²) in [7, 11) is 0. The third-order valence-electron chi connectivity index (χ3n) is 2.56.